The van der Waals surface area contributed by atoms with E-state index >= 15 is 0 Å². The Balaban J connectivity index is 1.59. The summed E-state index contributed by atoms with van der Waals surface area (Å²) < 4.78 is 5.98. The average molecular weight is 296 g/mol. The number of likely N-dealkylation sites (tertiary alicyclic amines) is 1. The van der Waals surface area contributed by atoms with E-state index < -0.39 is 0 Å². The monoisotopic (exact) mass is 296 g/mol. The van der Waals surface area contributed by atoms with E-state index in [2.05, 4.69) is 35.2 Å². The molecule has 116 valence electrons. The predicted molar refractivity (Wildman–Crippen MR) is 91.0 cm³/mol. The summed E-state index contributed by atoms with van der Waals surface area (Å²) in [6.07, 6.45) is 2.43. The van der Waals surface area contributed by atoms with Crippen molar-refractivity contribution in [1.82, 2.24) is 4.90 Å². The Morgan fingerprint density at radius 2 is 2.00 bits per heavy atom. The van der Waals surface area contributed by atoms with Gasteiger partial charge >= 0.3 is 0 Å². The molecule has 2 aromatic carbocycles. The van der Waals surface area contributed by atoms with Gasteiger partial charge in [0.1, 0.15) is 12.4 Å². The Morgan fingerprint density at radius 3 is 2.77 bits per heavy atom. The maximum Gasteiger partial charge on any atom is 0.142 e. The number of hydrogen-bond acceptors (Lipinski definition) is 3. The molecule has 2 N–H and O–H groups in total. The standard InChI is InChI=1S/C19H24N2O/c1-15-9-10-19(18(20)12-15)22-14-17-8-5-11-21(17)13-16-6-3-2-4-7-16/h2-4,6-7,9-10,12,17H,5,8,11,13-14,20H2,1H3. The largest absolute Gasteiger partial charge is 0.490 e. The smallest absolute Gasteiger partial charge is 0.142 e. The fourth-order valence-corrected chi connectivity index (χ4v) is 3.10. The van der Waals surface area contributed by atoms with Crippen LogP contribution in [0.25, 0.3) is 0 Å². The van der Waals surface area contributed by atoms with Crippen molar-refractivity contribution < 1.29 is 4.74 Å². The molecule has 3 rings (SSSR count). The Labute approximate surface area is 132 Å². The van der Waals surface area contributed by atoms with E-state index in [1.165, 1.54) is 18.4 Å². The molecule has 0 aromatic heterocycles. The first kappa shape index (κ1) is 14.9. The van der Waals surface area contributed by atoms with Crippen molar-refractivity contribution in [2.24, 2.45) is 0 Å². The number of hydrogen-bond donors (Lipinski definition) is 1. The lowest BCUT2D eigenvalue weighted by molar-refractivity contribution is 0.167. The van der Waals surface area contributed by atoms with Gasteiger partial charge in [0.15, 0.2) is 0 Å². The van der Waals surface area contributed by atoms with Crippen molar-refractivity contribution in [2.75, 3.05) is 18.9 Å². The van der Waals surface area contributed by atoms with Gasteiger partial charge in [-0.05, 0) is 49.6 Å². The van der Waals surface area contributed by atoms with Crippen LogP contribution in [0.4, 0.5) is 5.69 Å². The highest BCUT2D eigenvalue weighted by Gasteiger charge is 2.25. The van der Waals surface area contributed by atoms with Crippen molar-refractivity contribution in [1.29, 1.82) is 0 Å². The first-order chi connectivity index (χ1) is 10.7. The number of anilines is 1. The zero-order valence-electron chi connectivity index (χ0n) is 13.2. The van der Waals surface area contributed by atoms with Crippen LogP contribution in [-0.2, 0) is 6.54 Å². The van der Waals surface area contributed by atoms with Crippen LogP contribution in [0.15, 0.2) is 48.5 Å². The minimum atomic E-state index is 0.473. The molecule has 0 bridgehead atoms. The van der Waals surface area contributed by atoms with Gasteiger partial charge in [-0.3, -0.25) is 4.90 Å². The molecule has 0 saturated carbocycles. The molecule has 0 spiro atoms. The Bertz CT molecular complexity index is 612. The second-order valence-electron chi connectivity index (χ2n) is 6.10. The zero-order chi connectivity index (χ0) is 15.4. The van der Waals surface area contributed by atoms with Gasteiger partial charge in [0.25, 0.3) is 0 Å². The summed E-state index contributed by atoms with van der Waals surface area (Å²) in [4.78, 5) is 2.51. The zero-order valence-corrected chi connectivity index (χ0v) is 13.2. The number of benzene rings is 2. The summed E-state index contributed by atoms with van der Waals surface area (Å²) in [7, 11) is 0. The molecular weight excluding hydrogens is 272 g/mol. The van der Waals surface area contributed by atoms with Gasteiger partial charge < -0.3 is 10.5 Å². The van der Waals surface area contributed by atoms with E-state index in [0.717, 1.165) is 30.1 Å². The SMILES string of the molecule is Cc1ccc(OCC2CCCN2Cc2ccccc2)c(N)c1. The molecular formula is C19H24N2O. The molecule has 22 heavy (non-hydrogen) atoms. The van der Waals surface area contributed by atoms with Gasteiger partial charge in [-0.2, -0.15) is 0 Å². The van der Waals surface area contributed by atoms with Crippen molar-refractivity contribution >= 4 is 5.69 Å². The van der Waals surface area contributed by atoms with Crippen LogP contribution in [0.3, 0.4) is 0 Å². The van der Waals surface area contributed by atoms with Crippen LogP contribution in [-0.4, -0.2) is 24.1 Å². The summed E-state index contributed by atoms with van der Waals surface area (Å²) in [6, 6.07) is 17.1. The number of nitrogens with zero attached hydrogens (tertiary/aromatic N) is 1. The molecule has 1 unspecified atom stereocenters. The molecule has 0 aliphatic carbocycles. The fourth-order valence-electron chi connectivity index (χ4n) is 3.10. The highest BCUT2D eigenvalue weighted by Crippen LogP contribution is 2.25. The summed E-state index contributed by atoms with van der Waals surface area (Å²) in [5.41, 5.74) is 9.28. The highest BCUT2D eigenvalue weighted by molar-refractivity contribution is 5.54. The Morgan fingerprint density at radius 1 is 1.18 bits per heavy atom. The topological polar surface area (TPSA) is 38.5 Å². The minimum absolute atomic E-state index is 0.473. The third-order valence-corrected chi connectivity index (χ3v) is 4.32. The first-order valence-electron chi connectivity index (χ1n) is 7.99. The molecule has 0 radical (unpaired) electrons. The molecule has 1 aliphatic heterocycles. The number of ether oxygens (including phenoxy) is 1. The molecule has 1 saturated heterocycles. The summed E-state index contributed by atoms with van der Waals surface area (Å²) in [5, 5.41) is 0. The predicted octanol–water partition coefficient (Wildman–Crippen LogP) is 3.62. The minimum Gasteiger partial charge on any atom is -0.490 e. The van der Waals surface area contributed by atoms with E-state index in [9.17, 15) is 0 Å². The van der Waals surface area contributed by atoms with Crippen molar-refractivity contribution in [3.05, 3.63) is 59.7 Å². The van der Waals surface area contributed by atoms with Gasteiger partial charge in [-0.15, -0.1) is 0 Å². The van der Waals surface area contributed by atoms with E-state index in [1.807, 2.05) is 25.1 Å². The van der Waals surface area contributed by atoms with E-state index in [-0.39, 0.29) is 0 Å². The molecule has 1 fully saturated rings. The van der Waals surface area contributed by atoms with Gasteiger partial charge in [0.2, 0.25) is 0 Å². The van der Waals surface area contributed by atoms with Gasteiger partial charge in [0, 0.05) is 12.6 Å². The molecule has 3 heteroatoms. The molecule has 0 amide bonds. The van der Waals surface area contributed by atoms with Crippen molar-refractivity contribution in [2.45, 2.75) is 32.4 Å². The van der Waals surface area contributed by atoms with Crippen LogP contribution in [0.2, 0.25) is 0 Å². The lowest BCUT2D eigenvalue weighted by atomic mass is 10.2. The maximum atomic E-state index is 6.03. The summed E-state index contributed by atoms with van der Waals surface area (Å²) in [5.74, 6) is 0.803. The number of nitrogens with two attached hydrogens (primary N) is 1. The van der Waals surface area contributed by atoms with E-state index in [0.29, 0.717) is 12.6 Å². The third-order valence-electron chi connectivity index (χ3n) is 4.32. The van der Waals surface area contributed by atoms with Crippen LogP contribution in [0.5, 0.6) is 5.75 Å². The second kappa shape index (κ2) is 6.84. The van der Waals surface area contributed by atoms with Crippen LogP contribution in [0.1, 0.15) is 24.0 Å². The lowest BCUT2D eigenvalue weighted by Gasteiger charge is -2.25. The summed E-state index contributed by atoms with van der Waals surface area (Å²) >= 11 is 0. The lowest BCUT2D eigenvalue weighted by Crippen LogP contribution is -2.33. The molecule has 1 aliphatic rings. The second-order valence-corrected chi connectivity index (χ2v) is 6.10. The molecule has 3 nitrogen and oxygen atoms in total. The number of aryl methyl sites for hydroxylation is 1. The normalized spacial score (nSPS) is 18.5. The highest BCUT2D eigenvalue weighted by atomic mass is 16.5. The van der Waals surface area contributed by atoms with Gasteiger partial charge in [-0.25, -0.2) is 0 Å². The average Bonchev–Trinajstić information content (AvgIpc) is 2.95. The van der Waals surface area contributed by atoms with Gasteiger partial charge in [0.05, 0.1) is 5.69 Å². The quantitative estimate of drug-likeness (QED) is 0.856. The fraction of sp³-hybridized carbons (Fsp3) is 0.368. The van der Waals surface area contributed by atoms with E-state index in [1.54, 1.807) is 0 Å². The molecule has 1 atom stereocenters. The Hall–Kier alpha value is -2.00. The number of rotatable bonds is 5. The third kappa shape index (κ3) is 3.60. The molecule has 2 aromatic rings. The maximum absolute atomic E-state index is 6.03. The van der Waals surface area contributed by atoms with Crippen LogP contribution >= 0.6 is 0 Å². The number of nitrogen functional groups attached to an aromatic ring is 1. The Kier molecular flexibility index (Phi) is 4.64. The van der Waals surface area contributed by atoms with Gasteiger partial charge in [-0.1, -0.05) is 36.4 Å². The van der Waals surface area contributed by atoms with Crippen molar-refractivity contribution in [3.63, 3.8) is 0 Å². The summed E-state index contributed by atoms with van der Waals surface area (Å²) in [6.45, 7) is 4.89. The van der Waals surface area contributed by atoms with Crippen LogP contribution < -0.4 is 10.5 Å². The first-order valence-corrected chi connectivity index (χ1v) is 7.99. The van der Waals surface area contributed by atoms with E-state index in [4.69, 9.17) is 10.5 Å². The molecule has 1 heterocycles. The van der Waals surface area contributed by atoms with Crippen LogP contribution in [0, 0.1) is 6.92 Å². The van der Waals surface area contributed by atoms with Crippen molar-refractivity contribution in [3.8, 4) is 5.75 Å².